The van der Waals surface area contributed by atoms with Gasteiger partial charge in [0, 0.05) is 6.42 Å². The van der Waals surface area contributed by atoms with Crippen molar-refractivity contribution in [3.63, 3.8) is 0 Å². The van der Waals surface area contributed by atoms with E-state index in [4.69, 9.17) is 19.9 Å². The minimum absolute atomic E-state index is 0.0154. The van der Waals surface area contributed by atoms with Gasteiger partial charge in [0.2, 0.25) is 35.4 Å². The van der Waals surface area contributed by atoms with E-state index in [0.29, 0.717) is 0 Å². The molecule has 0 saturated heterocycles. The summed E-state index contributed by atoms with van der Waals surface area (Å²) in [4.78, 5) is 104. The Kier molecular flexibility index (Phi) is 22.1. The number of hydrogen-bond donors (Lipinski definition) is 7. The van der Waals surface area contributed by atoms with Gasteiger partial charge in [0.1, 0.15) is 42.4 Å². The summed E-state index contributed by atoms with van der Waals surface area (Å²) < 4.78 is 16.4. The molecule has 0 radical (unpaired) electrons. The van der Waals surface area contributed by atoms with Gasteiger partial charge < -0.3 is 51.8 Å². The summed E-state index contributed by atoms with van der Waals surface area (Å²) in [6.45, 7) is 12.9. The largest absolute Gasteiger partial charge is 0.459 e. The topological polar surface area (TPSA) is 262 Å². The van der Waals surface area contributed by atoms with Gasteiger partial charge in [-0.15, -0.1) is 0 Å². The molecular weight excluding hydrogens is 803 g/mol. The maximum absolute atomic E-state index is 13.9. The minimum Gasteiger partial charge on any atom is -0.459 e. The third-order valence-electron chi connectivity index (χ3n) is 8.77. The first-order valence-electron chi connectivity index (χ1n) is 20.7. The predicted octanol–water partition coefficient (Wildman–Crippen LogP) is 2.27. The highest BCUT2D eigenvalue weighted by atomic mass is 16.6. The van der Waals surface area contributed by atoms with Crippen molar-refractivity contribution in [1.29, 1.82) is 0 Å². The molecule has 0 heterocycles. The van der Waals surface area contributed by atoms with Crippen LogP contribution in [-0.2, 0) is 61.0 Å². The lowest BCUT2D eigenvalue weighted by Gasteiger charge is -2.27. The molecule has 2 rings (SSSR count). The molecule has 0 bridgehead atoms. The van der Waals surface area contributed by atoms with E-state index in [1.54, 1.807) is 45.0 Å². The van der Waals surface area contributed by atoms with Gasteiger partial charge in [0.05, 0.1) is 19.8 Å². The lowest BCUT2D eigenvalue weighted by Crippen LogP contribution is -2.59. The molecule has 62 heavy (non-hydrogen) atoms. The Bertz CT molecular complexity index is 1790. The molecule has 0 aliphatic rings. The first kappa shape index (κ1) is 52.1. The zero-order valence-corrected chi connectivity index (χ0v) is 37.0. The van der Waals surface area contributed by atoms with Crippen molar-refractivity contribution in [3.05, 3.63) is 71.8 Å². The van der Waals surface area contributed by atoms with Crippen molar-refractivity contribution in [2.45, 2.75) is 130 Å². The number of carbonyl (C=O) groups excluding carboxylic acids is 8. The highest BCUT2D eigenvalue weighted by Crippen LogP contribution is 2.11. The fraction of sp³-hybridized carbons (Fsp3) is 0.545. The summed E-state index contributed by atoms with van der Waals surface area (Å²) in [5.41, 5.74) is 6.10. The Labute approximate surface area is 363 Å². The monoisotopic (exact) mass is 867 g/mol. The van der Waals surface area contributed by atoms with Gasteiger partial charge in [-0.3, -0.25) is 28.8 Å². The van der Waals surface area contributed by atoms with Crippen LogP contribution in [0.2, 0.25) is 0 Å². The van der Waals surface area contributed by atoms with E-state index in [1.807, 2.05) is 64.1 Å². The van der Waals surface area contributed by atoms with Crippen LogP contribution in [0.3, 0.4) is 0 Å². The maximum Gasteiger partial charge on any atom is 0.408 e. The number of nitrogens with one attached hydrogen (secondary N) is 6. The Morgan fingerprint density at radius 3 is 1.65 bits per heavy atom. The van der Waals surface area contributed by atoms with Crippen molar-refractivity contribution >= 4 is 47.5 Å². The zero-order valence-electron chi connectivity index (χ0n) is 37.0. The van der Waals surface area contributed by atoms with Crippen molar-refractivity contribution in [2.75, 3.05) is 13.2 Å². The van der Waals surface area contributed by atoms with Crippen LogP contribution in [0.4, 0.5) is 4.79 Å². The van der Waals surface area contributed by atoms with E-state index in [2.05, 4.69) is 31.9 Å². The summed E-state index contributed by atoms with van der Waals surface area (Å²) in [7, 11) is 0. The van der Waals surface area contributed by atoms with Gasteiger partial charge in [-0.2, -0.15) is 0 Å². The molecule has 0 aromatic heterocycles. The van der Waals surface area contributed by atoms with E-state index in [9.17, 15) is 38.4 Å². The molecule has 8 N–H and O–H groups in total. The number of nitrogens with two attached hydrogens (primary N) is 1. The average Bonchev–Trinajstić information content (AvgIpc) is 3.19. The SMILES string of the molecule is CC(C)C[C@H](NC(=O)OC(C)(C)C)C(=O)NCC(=O)N[C@@H](CCC(N)=O)C(=O)N[C@@H](CC(C)C)C(=O)N[C@@H](COCc1ccccc1)C(=O)N[C@@H](C)C(=O)OCc1ccccc1. The van der Waals surface area contributed by atoms with Gasteiger partial charge in [-0.05, 0) is 69.9 Å². The number of hydrogen-bond acceptors (Lipinski definition) is 11. The number of primary amides is 1. The molecule has 2 aromatic rings. The second kappa shape index (κ2) is 26.3. The fourth-order valence-electron chi connectivity index (χ4n) is 5.77. The fourth-order valence-corrected chi connectivity index (χ4v) is 5.77. The van der Waals surface area contributed by atoms with Crippen LogP contribution in [0.5, 0.6) is 0 Å². The van der Waals surface area contributed by atoms with Crippen LogP contribution >= 0.6 is 0 Å². The number of esters is 1. The van der Waals surface area contributed by atoms with E-state index >= 15 is 0 Å². The van der Waals surface area contributed by atoms with E-state index in [1.165, 1.54) is 6.92 Å². The third kappa shape index (κ3) is 21.5. The minimum atomic E-state index is -1.38. The first-order chi connectivity index (χ1) is 29.1. The molecule has 5 atom stereocenters. The van der Waals surface area contributed by atoms with Crippen molar-refractivity contribution in [2.24, 2.45) is 17.6 Å². The van der Waals surface area contributed by atoms with Gasteiger partial charge in [0.25, 0.3) is 0 Å². The van der Waals surface area contributed by atoms with E-state index < -0.39 is 89.9 Å². The number of ether oxygens (including phenoxy) is 3. The van der Waals surface area contributed by atoms with Crippen molar-refractivity contribution < 1.29 is 52.6 Å². The van der Waals surface area contributed by atoms with Crippen LogP contribution in [0.1, 0.15) is 92.2 Å². The van der Waals surface area contributed by atoms with Gasteiger partial charge in [0.15, 0.2) is 0 Å². The van der Waals surface area contributed by atoms with Crippen LogP contribution in [0, 0.1) is 11.8 Å². The summed E-state index contributed by atoms with van der Waals surface area (Å²) in [5.74, 6) is -5.48. The molecule has 0 aliphatic carbocycles. The Morgan fingerprint density at radius 1 is 0.613 bits per heavy atom. The molecule has 342 valence electrons. The van der Waals surface area contributed by atoms with Gasteiger partial charge >= 0.3 is 12.1 Å². The second-order valence-corrected chi connectivity index (χ2v) is 16.7. The van der Waals surface area contributed by atoms with E-state index in [0.717, 1.165) is 11.1 Å². The molecule has 18 heteroatoms. The highest BCUT2D eigenvalue weighted by Gasteiger charge is 2.32. The van der Waals surface area contributed by atoms with Crippen LogP contribution in [0.25, 0.3) is 0 Å². The summed E-state index contributed by atoms with van der Waals surface area (Å²) >= 11 is 0. The number of amides is 7. The number of alkyl carbamates (subject to hydrolysis) is 1. The average molecular weight is 868 g/mol. The molecule has 0 fully saturated rings. The molecule has 18 nitrogen and oxygen atoms in total. The summed E-state index contributed by atoms with van der Waals surface area (Å²) in [6, 6.07) is 12.0. The van der Waals surface area contributed by atoms with Gasteiger partial charge in [-0.25, -0.2) is 9.59 Å². The molecule has 0 spiro atoms. The van der Waals surface area contributed by atoms with Crippen molar-refractivity contribution in [3.8, 4) is 0 Å². The maximum atomic E-state index is 13.9. The lowest BCUT2D eigenvalue weighted by atomic mass is 10.0. The van der Waals surface area contributed by atoms with Gasteiger partial charge in [-0.1, -0.05) is 88.4 Å². The number of benzene rings is 2. The molecule has 7 amide bonds. The lowest BCUT2D eigenvalue weighted by molar-refractivity contribution is -0.149. The Morgan fingerprint density at radius 2 is 1.11 bits per heavy atom. The Balaban J connectivity index is 2.21. The van der Waals surface area contributed by atoms with E-state index in [-0.39, 0.29) is 57.3 Å². The number of carbonyl (C=O) groups is 8. The first-order valence-corrected chi connectivity index (χ1v) is 20.7. The molecule has 2 aromatic carbocycles. The summed E-state index contributed by atoms with van der Waals surface area (Å²) in [6.07, 6.45) is -1.05. The zero-order chi connectivity index (χ0) is 46.4. The number of rotatable bonds is 25. The Hall–Kier alpha value is -6.04. The quantitative estimate of drug-likeness (QED) is 0.0712. The highest BCUT2D eigenvalue weighted by molar-refractivity contribution is 5.96. The molecule has 0 unspecified atom stereocenters. The van der Waals surface area contributed by atoms with Crippen LogP contribution in [0.15, 0.2) is 60.7 Å². The van der Waals surface area contributed by atoms with Crippen LogP contribution < -0.4 is 37.6 Å². The smallest absolute Gasteiger partial charge is 0.408 e. The van der Waals surface area contributed by atoms with Crippen molar-refractivity contribution in [1.82, 2.24) is 31.9 Å². The molecule has 0 saturated carbocycles. The summed E-state index contributed by atoms with van der Waals surface area (Å²) in [5, 5.41) is 15.3. The molecular formula is C44H65N7O11. The van der Waals surface area contributed by atoms with Crippen LogP contribution in [-0.4, -0.2) is 96.5 Å². The predicted molar refractivity (Wildman–Crippen MR) is 229 cm³/mol. The molecule has 0 aliphatic heterocycles. The second-order valence-electron chi connectivity index (χ2n) is 16.7. The third-order valence-corrected chi connectivity index (χ3v) is 8.77. The standard InChI is InChI=1S/C44H65N7O11/c1-27(2)21-33(51-43(59)62-44(6,7)8)38(54)46-23-37(53)48-32(19-20-36(45)52)39(55)49-34(22-28(3)4)40(56)50-35(26-60-24-30-15-11-9-12-16-30)41(57)47-29(5)42(58)61-25-31-17-13-10-14-18-31/h9-18,27-29,32-35H,19-26H2,1-8H3,(H2,45,52)(H,46,54)(H,47,57)(H,48,53)(H,49,55)(H,50,56)(H,51,59)/t29-,32-,33-,34-,35-/m0/s1. The normalized spacial score (nSPS) is 13.6.